The zero-order valence-electron chi connectivity index (χ0n) is 46.6. The summed E-state index contributed by atoms with van der Waals surface area (Å²) in [7, 11) is 0. The normalized spacial score (nSPS) is 12.7. The topological polar surface area (TPSA) is 95.9 Å². The van der Waals surface area contributed by atoms with E-state index in [4.69, 9.17) is 4.74 Å². The fraction of sp³-hybridized carbons (Fsp3) is 0.905. The maximum atomic E-state index is 12.4. The lowest BCUT2D eigenvalue weighted by molar-refractivity contribution is -0.143. The van der Waals surface area contributed by atoms with Crippen LogP contribution in [0.1, 0.15) is 341 Å². The van der Waals surface area contributed by atoms with E-state index in [2.05, 4.69) is 43.5 Å². The second-order valence-electron chi connectivity index (χ2n) is 21.4. The van der Waals surface area contributed by atoms with E-state index in [1.807, 2.05) is 0 Å². The van der Waals surface area contributed by atoms with Crippen molar-refractivity contribution in [3.63, 3.8) is 0 Å². The lowest BCUT2D eigenvalue weighted by Crippen LogP contribution is -2.45. The Morgan fingerprint density at radius 1 is 0.406 bits per heavy atom. The van der Waals surface area contributed by atoms with Crippen molar-refractivity contribution in [3.8, 4) is 0 Å². The van der Waals surface area contributed by atoms with Gasteiger partial charge in [-0.15, -0.1) is 0 Å². The number of ether oxygens (including phenoxy) is 1. The highest BCUT2D eigenvalue weighted by molar-refractivity contribution is 5.76. The van der Waals surface area contributed by atoms with Crippen molar-refractivity contribution in [1.29, 1.82) is 0 Å². The van der Waals surface area contributed by atoms with Crippen LogP contribution < -0.4 is 5.32 Å². The second-order valence-corrected chi connectivity index (χ2v) is 21.4. The molecular weight excluding hydrogens is 851 g/mol. The van der Waals surface area contributed by atoms with Crippen molar-refractivity contribution in [1.82, 2.24) is 5.32 Å². The van der Waals surface area contributed by atoms with Crippen LogP contribution in [-0.4, -0.2) is 47.4 Å². The molecule has 2 atom stereocenters. The van der Waals surface area contributed by atoms with Crippen LogP contribution in [0.5, 0.6) is 0 Å². The van der Waals surface area contributed by atoms with Crippen LogP contribution in [0.15, 0.2) is 24.3 Å². The molecule has 0 heterocycles. The molecule has 6 nitrogen and oxygen atoms in total. The smallest absolute Gasteiger partial charge is 0.305 e. The summed E-state index contributed by atoms with van der Waals surface area (Å²) in [5.41, 5.74) is 0. The number of aliphatic hydroxyl groups is 2. The lowest BCUT2D eigenvalue weighted by Gasteiger charge is -2.22. The third-order valence-electron chi connectivity index (χ3n) is 14.5. The van der Waals surface area contributed by atoms with Crippen molar-refractivity contribution in [2.75, 3.05) is 13.2 Å². The number of allylic oxidation sites excluding steroid dienone is 4. The summed E-state index contributed by atoms with van der Waals surface area (Å²) in [5.74, 6) is -0.0295. The van der Waals surface area contributed by atoms with E-state index in [0.29, 0.717) is 25.9 Å². The van der Waals surface area contributed by atoms with Crippen molar-refractivity contribution in [3.05, 3.63) is 24.3 Å². The maximum absolute atomic E-state index is 12.4. The average molecular weight is 973 g/mol. The molecule has 0 saturated heterocycles. The molecule has 0 aliphatic heterocycles. The predicted molar refractivity (Wildman–Crippen MR) is 301 cm³/mol. The molecule has 0 fully saturated rings. The Balaban J connectivity index is 3.33. The van der Waals surface area contributed by atoms with Gasteiger partial charge in [-0.05, 0) is 57.8 Å². The quantitative estimate of drug-likeness (QED) is 0.0321. The van der Waals surface area contributed by atoms with Crippen LogP contribution in [0.2, 0.25) is 0 Å². The van der Waals surface area contributed by atoms with Gasteiger partial charge < -0.3 is 20.3 Å². The first-order valence-electron chi connectivity index (χ1n) is 31.1. The van der Waals surface area contributed by atoms with Gasteiger partial charge in [-0.25, -0.2) is 0 Å². The molecule has 0 aromatic carbocycles. The van der Waals surface area contributed by atoms with Crippen LogP contribution in [0.4, 0.5) is 0 Å². The summed E-state index contributed by atoms with van der Waals surface area (Å²) in [6, 6.07) is -0.537. The predicted octanol–water partition coefficient (Wildman–Crippen LogP) is 19.4. The van der Waals surface area contributed by atoms with Gasteiger partial charge in [0.25, 0.3) is 0 Å². The minimum atomic E-state index is -0.660. The monoisotopic (exact) mass is 972 g/mol. The van der Waals surface area contributed by atoms with Crippen molar-refractivity contribution < 1.29 is 24.5 Å². The number of carbonyl (C=O) groups is 2. The molecule has 0 aliphatic carbocycles. The molecule has 2 unspecified atom stereocenters. The first-order chi connectivity index (χ1) is 34.0. The van der Waals surface area contributed by atoms with E-state index in [1.165, 1.54) is 257 Å². The third-order valence-corrected chi connectivity index (χ3v) is 14.5. The standard InChI is InChI=1S/C63H121NO5/c1-3-5-7-9-11-13-15-16-17-31-34-37-41-45-49-53-57-63(68)69-58-54-50-46-42-38-35-32-29-27-25-23-21-19-18-20-22-24-26-28-30-33-36-40-44-48-52-56-62(67)64-60(59-65)61(66)55-51-47-43-39-14-12-10-8-6-4-2/h13,15,17,31,60-61,65-66H,3-12,14,16,18-30,32-59H2,1-2H3,(H,64,67)/b15-13-,31-17-. The molecule has 0 rings (SSSR count). The molecule has 0 saturated carbocycles. The van der Waals surface area contributed by atoms with Gasteiger partial charge in [-0.2, -0.15) is 0 Å². The molecular formula is C63H121NO5. The molecule has 3 N–H and O–H groups in total. The van der Waals surface area contributed by atoms with E-state index in [1.54, 1.807) is 0 Å². The molecule has 0 bridgehead atoms. The van der Waals surface area contributed by atoms with Gasteiger partial charge in [0.05, 0.1) is 25.4 Å². The van der Waals surface area contributed by atoms with E-state index < -0.39 is 12.1 Å². The number of carbonyl (C=O) groups excluding carboxylic acids is 2. The second kappa shape index (κ2) is 58.9. The zero-order valence-corrected chi connectivity index (χ0v) is 46.6. The number of unbranched alkanes of at least 4 members (excludes halogenated alkanes) is 43. The average Bonchev–Trinajstić information content (AvgIpc) is 3.35. The Morgan fingerprint density at radius 2 is 0.725 bits per heavy atom. The van der Waals surface area contributed by atoms with Crippen LogP contribution in [-0.2, 0) is 14.3 Å². The van der Waals surface area contributed by atoms with Gasteiger partial charge in [0, 0.05) is 12.8 Å². The molecule has 69 heavy (non-hydrogen) atoms. The highest BCUT2D eigenvalue weighted by atomic mass is 16.5. The highest BCUT2D eigenvalue weighted by Crippen LogP contribution is 2.18. The molecule has 6 heteroatoms. The van der Waals surface area contributed by atoms with Crippen LogP contribution in [0, 0.1) is 0 Å². The largest absolute Gasteiger partial charge is 0.466 e. The Kier molecular flexibility index (Phi) is 57.5. The van der Waals surface area contributed by atoms with Gasteiger partial charge in [0.15, 0.2) is 0 Å². The van der Waals surface area contributed by atoms with Gasteiger partial charge >= 0.3 is 5.97 Å². The fourth-order valence-electron chi connectivity index (χ4n) is 9.73. The van der Waals surface area contributed by atoms with Gasteiger partial charge in [0.2, 0.25) is 5.91 Å². The first kappa shape index (κ1) is 67.3. The van der Waals surface area contributed by atoms with Crippen molar-refractivity contribution in [2.24, 2.45) is 0 Å². The summed E-state index contributed by atoms with van der Waals surface area (Å²) >= 11 is 0. The Bertz CT molecular complexity index is 1080. The molecule has 0 aromatic heterocycles. The zero-order chi connectivity index (χ0) is 50.0. The summed E-state index contributed by atoms with van der Waals surface area (Å²) < 4.78 is 5.48. The van der Waals surface area contributed by atoms with Gasteiger partial charge in [-0.3, -0.25) is 9.59 Å². The number of hydrogen-bond donors (Lipinski definition) is 3. The summed E-state index contributed by atoms with van der Waals surface area (Å²) in [6.07, 6.45) is 72.0. The van der Waals surface area contributed by atoms with Crippen molar-refractivity contribution >= 4 is 11.9 Å². The number of rotatable bonds is 58. The number of amides is 1. The Morgan fingerprint density at radius 3 is 1.12 bits per heavy atom. The Labute approximate surface area is 431 Å². The van der Waals surface area contributed by atoms with Gasteiger partial charge in [-0.1, -0.05) is 295 Å². The van der Waals surface area contributed by atoms with E-state index in [0.717, 1.165) is 51.4 Å². The van der Waals surface area contributed by atoms with E-state index >= 15 is 0 Å². The highest BCUT2D eigenvalue weighted by Gasteiger charge is 2.20. The number of esters is 1. The van der Waals surface area contributed by atoms with Crippen molar-refractivity contribution in [2.45, 2.75) is 353 Å². The molecule has 1 amide bonds. The van der Waals surface area contributed by atoms with Crippen LogP contribution >= 0.6 is 0 Å². The van der Waals surface area contributed by atoms with E-state index in [9.17, 15) is 19.8 Å². The summed E-state index contributed by atoms with van der Waals surface area (Å²) in [4.78, 5) is 24.5. The third kappa shape index (κ3) is 55.5. The SMILES string of the molecule is CCCCCC/C=C\C/C=C\CCCCCCCC(=O)OCCCCCCCCCCCCCCCCCCCCCCCCCCCCC(=O)NC(CO)C(O)CCCCCCCCCCCC. The maximum Gasteiger partial charge on any atom is 0.305 e. The molecule has 0 aromatic rings. The minimum Gasteiger partial charge on any atom is -0.466 e. The minimum absolute atomic E-state index is 0.00397. The Hall–Kier alpha value is -1.66. The molecule has 408 valence electrons. The van der Waals surface area contributed by atoms with Crippen LogP contribution in [0.25, 0.3) is 0 Å². The van der Waals surface area contributed by atoms with E-state index in [-0.39, 0.29) is 18.5 Å². The number of aliphatic hydroxyl groups excluding tert-OH is 2. The first-order valence-corrected chi connectivity index (χ1v) is 31.1. The number of hydrogen-bond acceptors (Lipinski definition) is 5. The fourth-order valence-corrected chi connectivity index (χ4v) is 9.73. The van der Waals surface area contributed by atoms with Crippen LogP contribution in [0.3, 0.4) is 0 Å². The molecule has 0 spiro atoms. The van der Waals surface area contributed by atoms with Gasteiger partial charge in [0.1, 0.15) is 0 Å². The lowest BCUT2D eigenvalue weighted by atomic mass is 10.0. The summed E-state index contributed by atoms with van der Waals surface area (Å²) in [6.45, 7) is 4.93. The molecule has 0 aliphatic rings. The summed E-state index contributed by atoms with van der Waals surface area (Å²) in [5, 5.41) is 23.2. The molecule has 0 radical (unpaired) electrons. The number of nitrogens with one attached hydrogen (secondary N) is 1.